The van der Waals surface area contributed by atoms with Gasteiger partial charge < -0.3 is 14.6 Å². The fourth-order valence-electron chi connectivity index (χ4n) is 1.08. The molecular formula is C12H16O4. The van der Waals surface area contributed by atoms with Gasteiger partial charge in [-0.1, -0.05) is 6.92 Å². The first-order chi connectivity index (χ1) is 7.61. The molecule has 0 fully saturated rings. The molecule has 0 saturated carbocycles. The highest BCUT2D eigenvalue weighted by atomic mass is 16.5. The van der Waals surface area contributed by atoms with Crippen molar-refractivity contribution in [3.8, 4) is 11.5 Å². The summed E-state index contributed by atoms with van der Waals surface area (Å²) in [6.45, 7) is 3.72. The number of benzene rings is 1. The molecule has 1 atom stereocenters. The van der Waals surface area contributed by atoms with Gasteiger partial charge in [-0.05, 0) is 37.6 Å². The van der Waals surface area contributed by atoms with E-state index in [9.17, 15) is 4.79 Å². The first kappa shape index (κ1) is 12.4. The van der Waals surface area contributed by atoms with Crippen LogP contribution in [-0.4, -0.2) is 23.8 Å². The maximum Gasteiger partial charge on any atom is 0.341 e. The van der Waals surface area contributed by atoms with Crippen molar-refractivity contribution in [3.05, 3.63) is 24.3 Å². The average Bonchev–Trinajstić information content (AvgIpc) is 2.28. The number of aliphatic carboxylic acids is 1. The van der Waals surface area contributed by atoms with Crippen molar-refractivity contribution in [2.75, 3.05) is 6.61 Å². The van der Waals surface area contributed by atoms with Crippen LogP contribution in [0, 0.1) is 0 Å². The molecule has 0 bridgehead atoms. The Kier molecular flexibility index (Phi) is 4.64. The summed E-state index contributed by atoms with van der Waals surface area (Å²) in [7, 11) is 0. The molecule has 1 N–H and O–H groups in total. The van der Waals surface area contributed by atoms with Crippen LogP contribution in [-0.2, 0) is 4.79 Å². The third-order valence-corrected chi connectivity index (χ3v) is 2.10. The van der Waals surface area contributed by atoms with E-state index in [1.807, 2.05) is 6.92 Å². The topological polar surface area (TPSA) is 55.8 Å². The molecule has 0 aliphatic rings. The molecule has 1 rings (SSSR count). The van der Waals surface area contributed by atoms with Crippen molar-refractivity contribution in [1.29, 1.82) is 0 Å². The van der Waals surface area contributed by atoms with E-state index in [0.717, 1.165) is 12.2 Å². The Labute approximate surface area is 94.8 Å². The van der Waals surface area contributed by atoms with E-state index >= 15 is 0 Å². The van der Waals surface area contributed by atoms with Gasteiger partial charge in [0.15, 0.2) is 6.61 Å². The van der Waals surface area contributed by atoms with Crippen LogP contribution in [0.5, 0.6) is 11.5 Å². The second-order valence-corrected chi connectivity index (χ2v) is 3.49. The second kappa shape index (κ2) is 6.00. The molecule has 4 heteroatoms. The Morgan fingerprint density at radius 2 is 1.88 bits per heavy atom. The molecule has 0 aromatic heterocycles. The number of ether oxygens (including phenoxy) is 2. The average molecular weight is 224 g/mol. The van der Waals surface area contributed by atoms with Crippen molar-refractivity contribution in [3.63, 3.8) is 0 Å². The maximum absolute atomic E-state index is 10.3. The molecule has 0 aliphatic heterocycles. The summed E-state index contributed by atoms with van der Waals surface area (Å²) in [4.78, 5) is 10.3. The minimum absolute atomic E-state index is 0.172. The Bertz CT molecular complexity index is 331. The maximum atomic E-state index is 10.3. The smallest absolute Gasteiger partial charge is 0.341 e. The fourth-order valence-corrected chi connectivity index (χ4v) is 1.08. The predicted molar refractivity (Wildman–Crippen MR) is 60.0 cm³/mol. The summed E-state index contributed by atoms with van der Waals surface area (Å²) in [5, 5.41) is 8.43. The first-order valence-electron chi connectivity index (χ1n) is 5.23. The summed E-state index contributed by atoms with van der Waals surface area (Å²) in [6, 6.07) is 6.92. The summed E-state index contributed by atoms with van der Waals surface area (Å²) >= 11 is 0. The van der Waals surface area contributed by atoms with E-state index in [4.69, 9.17) is 14.6 Å². The van der Waals surface area contributed by atoms with Gasteiger partial charge in [0.25, 0.3) is 0 Å². The van der Waals surface area contributed by atoms with Crippen molar-refractivity contribution < 1.29 is 19.4 Å². The van der Waals surface area contributed by atoms with Crippen molar-refractivity contribution in [2.24, 2.45) is 0 Å². The van der Waals surface area contributed by atoms with Crippen LogP contribution in [0.2, 0.25) is 0 Å². The number of hydrogen-bond acceptors (Lipinski definition) is 3. The van der Waals surface area contributed by atoms with Crippen LogP contribution >= 0.6 is 0 Å². The molecule has 0 spiro atoms. The van der Waals surface area contributed by atoms with E-state index < -0.39 is 5.97 Å². The van der Waals surface area contributed by atoms with Gasteiger partial charge in [-0.2, -0.15) is 0 Å². The highest BCUT2D eigenvalue weighted by Gasteiger charge is 2.02. The van der Waals surface area contributed by atoms with E-state index in [1.54, 1.807) is 24.3 Å². The van der Waals surface area contributed by atoms with E-state index in [2.05, 4.69) is 6.92 Å². The van der Waals surface area contributed by atoms with Gasteiger partial charge in [-0.15, -0.1) is 0 Å². The lowest BCUT2D eigenvalue weighted by molar-refractivity contribution is -0.139. The van der Waals surface area contributed by atoms with Gasteiger partial charge in [-0.3, -0.25) is 0 Å². The van der Waals surface area contributed by atoms with Crippen molar-refractivity contribution >= 4 is 5.97 Å². The predicted octanol–water partition coefficient (Wildman–Crippen LogP) is 2.33. The van der Waals surface area contributed by atoms with E-state index in [-0.39, 0.29) is 12.7 Å². The molecular weight excluding hydrogens is 208 g/mol. The van der Waals surface area contributed by atoms with Crippen LogP contribution in [0.1, 0.15) is 20.3 Å². The summed E-state index contributed by atoms with van der Waals surface area (Å²) in [6.07, 6.45) is 1.11. The van der Waals surface area contributed by atoms with Crippen LogP contribution in [0.15, 0.2) is 24.3 Å². The zero-order valence-corrected chi connectivity index (χ0v) is 9.47. The minimum atomic E-state index is -0.986. The normalized spacial score (nSPS) is 11.9. The molecule has 0 heterocycles. The largest absolute Gasteiger partial charge is 0.491 e. The molecule has 1 aromatic carbocycles. The first-order valence-corrected chi connectivity index (χ1v) is 5.23. The molecule has 1 unspecified atom stereocenters. The number of rotatable bonds is 6. The van der Waals surface area contributed by atoms with Gasteiger partial charge in [0, 0.05) is 0 Å². The zero-order valence-electron chi connectivity index (χ0n) is 9.47. The lowest BCUT2D eigenvalue weighted by Gasteiger charge is -2.12. The highest BCUT2D eigenvalue weighted by molar-refractivity contribution is 5.68. The second-order valence-electron chi connectivity index (χ2n) is 3.49. The van der Waals surface area contributed by atoms with Gasteiger partial charge >= 0.3 is 5.97 Å². The van der Waals surface area contributed by atoms with Crippen LogP contribution in [0.3, 0.4) is 0 Å². The fraction of sp³-hybridized carbons (Fsp3) is 0.417. The monoisotopic (exact) mass is 224 g/mol. The zero-order chi connectivity index (χ0) is 12.0. The molecule has 0 saturated heterocycles. The molecule has 1 aromatic rings. The van der Waals surface area contributed by atoms with E-state index in [0.29, 0.717) is 5.75 Å². The Hall–Kier alpha value is -1.71. The van der Waals surface area contributed by atoms with Crippen molar-refractivity contribution in [1.82, 2.24) is 0 Å². The van der Waals surface area contributed by atoms with Gasteiger partial charge in [0.2, 0.25) is 0 Å². The molecule has 0 radical (unpaired) electrons. The third kappa shape index (κ3) is 4.21. The standard InChI is InChI=1S/C12H16O4/c1-3-9(2)16-11-6-4-10(5-7-11)15-8-12(13)14/h4-7,9H,3,8H2,1-2H3,(H,13,14). The third-order valence-electron chi connectivity index (χ3n) is 2.10. The molecule has 0 amide bonds. The number of carboxylic acids is 1. The molecule has 0 aliphatic carbocycles. The summed E-state index contributed by atoms with van der Waals surface area (Å²) < 4.78 is 10.6. The van der Waals surface area contributed by atoms with Gasteiger partial charge in [0.1, 0.15) is 11.5 Å². The number of carbonyl (C=O) groups is 1. The number of hydrogen-bond donors (Lipinski definition) is 1. The van der Waals surface area contributed by atoms with E-state index in [1.165, 1.54) is 0 Å². The SMILES string of the molecule is CCC(C)Oc1ccc(OCC(=O)O)cc1. The number of carboxylic acid groups (broad SMARTS) is 1. The van der Waals surface area contributed by atoms with Gasteiger partial charge in [-0.25, -0.2) is 4.79 Å². The lowest BCUT2D eigenvalue weighted by atomic mass is 10.3. The Morgan fingerprint density at radius 3 is 2.38 bits per heavy atom. The summed E-state index contributed by atoms with van der Waals surface area (Å²) in [5.74, 6) is 0.302. The van der Waals surface area contributed by atoms with Crippen LogP contribution in [0.4, 0.5) is 0 Å². The quantitative estimate of drug-likeness (QED) is 0.805. The Balaban J connectivity index is 2.50. The van der Waals surface area contributed by atoms with Crippen molar-refractivity contribution in [2.45, 2.75) is 26.4 Å². The van der Waals surface area contributed by atoms with Gasteiger partial charge in [0.05, 0.1) is 6.10 Å². The lowest BCUT2D eigenvalue weighted by Crippen LogP contribution is -2.10. The van der Waals surface area contributed by atoms with Crippen LogP contribution in [0.25, 0.3) is 0 Å². The minimum Gasteiger partial charge on any atom is -0.491 e. The molecule has 88 valence electrons. The highest BCUT2D eigenvalue weighted by Crippen LogP contribution is 2.19. The Morgan fingerprint density at radius 1 is 1.31 bits per heavy atom. The summed E-state index contributed by atoms with van der Waals surface area (Å²) in [5.41, 5.74) is 0. The molecule has 4 nitrogen and oxygen atoms in total. The molecule has 16 heavy (non-hydrogen) atoms. The van der Waals surface area contributed by atoms with Crippen LogP contribution < -0.4 is 9.47 Å².